The summed E-state index contributed by atoms with van der Waals surface area (Å²) in [6.07, 6.45) is 0.821. The predicted octanol–water partition coefficient (Wildman–Crippen LogP) is 2.88. The summed E-state index contributed by atoms with van der Waals surface area (Å²) in [5.41, 5.74) is 1.45. The first-order chi connectivity index (χ1) is 13.6. The van der Waals surface area contributed by atoms with Gasteiger partial charge in [-0.25, -0.2) is 0 Å². The van der Waals surface area contributed by atoms with Crippen molar-refractivity contribution < 1.29 is 14.3 Å². The fourth-order valence-electron chi connectivity index (χ4n) is 3.13. The zero-order valence-corrected chi connectivity index (χ0v) is 15.9. The largest absolute Gasteiger partial charge is 0.454 e. The van der Waals surface area contributed by atoms with E-state index in [1.807, 2.05) is 30.3 Å². The minimum atomic E-state index is -0.207. The van der Waals surface area contributed by atoms with Crippen molar-refractivity contribution in [2.45, 2.75) is 25.9 Å². The maximum Gasteiger partial charge on any atom is 0.262 e. The number of hydrogen-bond acceptors (Lipinski definition) is 5. The number of carbonyl (C=O) groups excluding carboxylic acids is 1. The molecule has 2 N–H and O–H groups in total. The highest BCUT2D eigenvalue weighted by Gasteiger charge is 2.17. The Bertz CT molecular complexity index is 1140. The van der Waals surface area contributed by atoms with E-state index in [0.29, 0.717) is 53.1 Å². The zero-order chi connectivity index (χ0) is 19.5. The maximum absolute atomic E-state index is 12.8. The average Bonchev–Trinajstić information content (AvgIpc) is 3.16. The van der Waals surface area contributed by atoms with E-state index >= 15 is 0 Å². The lowest BCUT2D eigenvalue weighted by molar-refractivity contribution is -0.121. The second kappa shape index (κ2) is 7.85. The van der Waals surface area contributed by atoms with Crippen molar-refractivity contribution in [3.05, 3.63) is 63.2 Å². The molecule has 0 saturated heterocycles. The average molecular weight is 397 g/mol. The highest BCUT2D eigenvalue weighted by atomic mass is 32.1. The zero-order valence-electron chi connectivity index (χ0n) is 15.1. The Morgan fingerprint density at radius 3 is 2.71 bits per heavy atom. The van der Waals surface area contributed by atoms with Crippen LogP contribution < -0.4 is 20.3 Å². The van der Waals surface area contributed by atoms with Gasteiger partial charge in [0.05, 0.1) is 10.9 Å². The van der Waals surface area contributed by atoms with Crippen LogP contribution in [0.15, 0.2) is 47.3 Å². The summed E-state index contributed by atoms with van der Waals surface area (Å²) >= 11 is 5.32. The molecule has 1 aromatic heterocycles. The first-order valence-electron chi connectivity index (χ1n) is 8.99. The molecule has 1 aliphatic rings. The number of H-pyrrole nitrogens is 1. The molecule has 0 fully saturated rings. The summed E-state index contributed by atoms with van der Waals surface area (Å²) < 4.78 is 12.5. The van der Waals surface area contributed by atoms with Crippen molar-refractivity contribution in [3.63, 3.8) is 0 Å². The van der Waals surface area contributed by atoms with Crippen LogP contribution in [0.4, 0.5) is 0 Å². The van der Waals surface area contributed by atoms with Crippen LogP contribution in [0.5, 0.6) is 11.5 Å². The van der Waals surface area contributed by atoms with Gasteiger partial charge in [0, 0.05) is 25.6 Å². The first-order valence-corrected chi connectivity index (χ1v) is 9.40. The summed E-state index contributed by atoms with van der Waals surface area (Å²) in [4.78, 5) is 27.9. The standard InChI is InChI=1S/C20H19N3O4S/c24-18(21-11-13-5-2-1-3-6-13)7-4-8-23-19(25)14-9-16-17(27-12-26-16)10-15(14)22-20(23)28/h1-3,5-6,9-10H,4,7-8,11-12H2,(H,21,24)(H,22,28). The molecule has 8 heteroatoms. The summed E-state index contributed by atoms with van der Waals surface area (Å²) in [5, 5.41) is 3.36. The smallest absolute Gasteiger partial charge is 0.262 e. The van der Waals surface area contributed by atoms with E-state index in [-0.39, 0.29) is 18.3 Å². The first kappa shape index (κ1) is 18.2. The molecule has 1 aliphatic heterocycles. The minimum Gasteiger partial charge on any atom is -0.454 e. The molecule has 4 rings (SSSR count). The van der Waals surface area contributed by atoms with Crippen molar-refractivity contribution in [1.29, 1.82) is 0 Å². The van der Waals surface area contributed by atoms with Gasteiger partial charge >= 0.3 is 0 Å². The molecule has 0 radical (unpaired) electrons. The Labute approximate surface area is 165 Å². The van der Waals surface area contributed by atoms with Crippen LogP contribution in [-0.2, 0) is 17.9 Å². The number of amides is 1. The van der Waals surface area contributed by atoms with Gasteiger partial charge in [0.1, 0.15) is 0 Å². The molecule has 7 nitrogen and oxygen atoms in total. The number of fused-ring (bicyclic) bond motifs is 2. The lowest BCUT2D eigenvalue weighted by atomic mass is 10.2. The van der Waals surface area contributed by atoms with Crippen LogP contribution in [0, 0.1) is 4.77 Å². The number of rotatable bonds is 6. The molecular formula is C20H19N3O4S. The van der Waals surface area contributed by atoms with Crippen molar-refractivity contribution in [2.75, 3.05) is 6.79 Å². The Kier molecular flexibility index (Phi) is 5.12. The van der Waals surface area contributed by atoms with Gasteiger partial charge in [-0.1, -0.05) is 30.3 Å². The SMILES string of the molecule is O=C(CCCn1c(=S)[nH]c2cc3c(cc2c1=O)OCO3)NCc1ccccc1. The normalized spacial score (nSPS) is 12.3. The van der Waals surface area contributed by atoms with E-state index in [1.165, 1.54) is 4.57 Å². The van der Waals surface area contributed by atoms with Crippen LogP contribution in [-0.4, -0.2) is 22.3 Å². The number of benzene rings is 2. The number of hydrogen-bond donors (Lipinski definition) is 2. The summed E-state index contributed by atoms with van der Waals surface area (Å²) in [6.45, 7) is 0.985. The number of nitrogens with zero attached hydrogens (tertiary/aromatic N) is 1. The van der Waals surface area contributed by atoms with Gasteiger partial charge in [0.25, 0.3) is 5.56 Å². The van der Waals surface area contributed by atoms with Crippen molar-refractivity contribution >= 4 is 29.0 Å². The Balaban J connectivity index is 1.42. The van der Waals surface area contributed by atoms with Crippen LogP contribution in [0.1, 0.15) is 18.4 Å². The van der Waals surface area contributed by atoms with E-state index < -0.39 is 0 Å². The molecule has 0 saturated carbocycles. The Hall–Kier alpha value is -3.13. The van der Waals surface area contributed by atoms with Gasteiger partial charge in [-0.15, -0.1) is 0 Å². The monoisotopic (exact) mass is 397 g/mol. The fourth-order valence-corrected chi connectivity index (χ4v) is 3.41. The van der Waals surface area contributed by atoms with E-state index in [9.17, 15) is 9.59 Å². The molecule has 0 unspecified atom stereocenters. The molecule has 144 valence electrons. The van der Waals surface area contributed by atoms with E-state index in [2.05, 4.69) is 10.3 Å². The molecule has 0 atom stereocenters. The highest BCUT2D eigenvalue weighted by molar-refractivity contribution is 7.71. The summed E-state index contributed by atoms with van der Waals surface area (Å²) in [5.74, 6) is 1.07. The Morgan fingerprint density at radius 2 is 1.93 bits per heavy atom. The second-order valence-electron chi connectivity index (χ2n) is 6.50. The molecule has 0 bridgehead atoms. The van der Waals surface area contributed by atoms with Gasteiger partial charge in [-0.3, -0.25) is 14.2 Å². The third-order valence-corrected chi connectivity index (χ3v) is 4.92. The molecule has 0 aliphatic carbocycles. The molecule has 0 spiro atoms. The molecule has 2 aromatic carbocycles. The van der Waals surface area contributed by atoms with Crippen molar-refractivity contribution in [3.8, 4) is 11.5 Å². The number of nitrogens with one attached hydrogen (secondary N) is 2. The molecule has 28 heavy (non-hydrogen) atoms. The van der Waals surface area contributed by atoms with Gasteiger partial charge < -0.3 is 19.8 Å². The predicted molar refractivity (Wildman–Crippen MR) is 107 cm³/mol. The third-order valence-electron chi connectivity index (χ3n) is 4.59. The van der Waals surface area contributed by atoms with Gasteiger partial charge in [0.2, 0.25) is 12.7 Å². The number of ether oxygens (including phenoxy) is 2. The third kappa shape index (κ3) is 3.77. The van der Waals surface area contributed by atoms with Gasteiger partial charge in [-0.2, -0.15) is 0 Å². The van der Waals surface area contributed by atoms with Gasteiger partial charge in [0.15, 0.2) is 16.3 Å². The number of aromatic nitrogens is 2. The van der Waals surface area contributed by atoms with Crippen molar-refractivity contribution in [2.24, 2.45) is 0 Å². The van der Waals surface area contributed by atoms with E-state index in [1.54, 1.807) is 12.1 Å². The molecule has 1 amide bonds. The van der Waals surface area contributed by atoms with Crippen LogP contribution in [0.2, 0.25) is 0 Å². The molecule has 3 aromatic rings. The number of aromatic amines is 1. The lowest BCUT2D eigenvalue weighted by Crippen LogP contribution is -2.25. The molecular weight excluding hydrogens is 378 g/mol. The number of carbonyl (C=O) groups is 1. The van der Waals surface area contributed by atoms with E-state index in [0.717, 1.165) is 5.56 Å². The van der Waals surface area contributed by atoms with Crippen LogP contribution in [0.25, 0.3) is 10.9 Å². The minimum absolute atomic E-state index is 0.0593. The second-order valence-corrected chi connectivity index (χ2v) is 6.89. The fraction of sp³-hybridized carbons (Fsp3) is 0.250. The summed E-state index contributed by atoms with van der Waals surface area (Å²) in [7, 11) is 0. The lowest BCUT2D eigenvalue weighted by Gasteiger charge is -2.09. The van der Waals surface area contributed by atoms with Crippen LogP contribution in [0.3, 0.4) is 0 Å². The van der Waals surface area contributed by atoms with Crippen LogP contribution >= 0.6 is 12.2 Å². The van der Waals surface area contributed by atoms with E-state index in [4.69, 9.17) is 21.7 Å². The quantitative estimate of drug-likeness (QED) is 0.625. The van der Waals surface area contributed by atoms with Crippen molar-refractivity contribution in [1.82, 2.24) is 14.9 Å². The maximum atomic E-state index is 12.8. The summed E-state index contributed by atoms with van der Waals surface area (Å²) in [6, 6.07) is 13.1. The molecule has 2 heterocycles. The Morgan fingerprint density at radius 1 is 1.18 bits per heavy atom. The van der Waals surface area contributed by atoms with Gasteiger partial charge in [-0.05, 0) is 30.3 Å². The topological polar surface area (TPSA) is 85.4 Å². The highest BCUT2D eigenvalue weighted by Crippen LogP contribution is 2.34.